The number of hydrogen-bond acceptors (Lipinski definition) is 3. The first-order chi connectivity index (χ1) is 12.9. The third-order valence-corrected chi connectivity index (χ3v) is 5.48. The van der Waals surface area contributed by atoms with E-state index in [2.05, 4.69) is 10.1 Å². The van der Waals surface area contributed by atoms with Gasteiger partial charge in [0.15, 0.2) is 0 Å². The summed E-state index contributed by atoms with van der Waals surface area (Å²) in [7, 11) is 0. The number of benzene rings is 2. The quantitative estimate of drug-likeness (QED) is 0.242. The second kappa shape index (κ2) is 7.12. The molecule has 2 heterocycles. The summed E-state index contributed by atoms with van der Waals surface area (Å²) < 4.78 is 26.9. The molecule has 0 saturated heterocycles. The van der Waals surface area contributed by atoms with Crippen molar-refractivity contribution in [3.63, 3.8) is 0 Å². The van der Waals surface area contributed by atoms with E-state index in [0.717, 1.165) is 39.5 Å². The first-order valence-electron chi connectivity index (χ1n) is 8.18. The molecule has 0 amide bonds. The molecule has 0 aliphatic heterocycles. The van der Waals surface area contributed by atoms with Gasteiger partial charge in [0, 0.05) is 44.7 Å². The minimum atomic E-state index is -2.98. The van der Waals surface area contributed by atoms with Crippen LogP contribution in [-0.4, -0.2) is 14.8 Å². The summed E-state index contributed by atoms with van der Waals surface area (Å²) in [4.78, 5) is 4.67. The fourth-order valence-corrected chi connectivity index (χ4v) is 4.16. The zero-order chi connectivity index (χ0) is 19.0. The molecule has 2 aromatic heterocycles. The van der Waals surface area contributed by atoms with E-state index in [1.54, 1.807) is 22.9 Å². The zero-order valence-electron chi connectivity index (χ0n) is 14.2. The number of aromatic nitrogens is 3. The number of thiazole rings is 1. The van der Waals surface area contributed by atoms with Crippen LogP contribution >= 0.6 is 33.9 Å². The van der Waals surface area contributed by atoms with Gasteiger partial charge in [-0.1, -0.05) is 54.6 Å². The van der Waals surface area contributed by atoms with Gasteiger partial charge in [0.1, 0.15) is 0 Å². The summed E-state index contributed by atoms with van der Waals surface area (Å²) in [6, 6.07) is 18.2. The molecule has 7 heteroatoms. The maximum absolute atomic E-state index is 14.1. The smallest absolute Gasteiger partial charge is 0.218 e. The second-order valence-corrected chi connectivity index (χ2v) is 8.20. The third-order valence-electron chi connectivity index (χ3n) is 4.08. The highest BCUT2D eigenvalue weighted by atomic mass is 127. The Bertz CT molecular complexity index is 1080. The van der Waals surface area contributed by atoms with Crippen LogP contribution in [0.15, 0.2) is 66.0 Å². The van der Waals surface area contributed by atoms with Gasteiger partial charge in [-0.15, -0.1) is 11.3 Å². The number of halogens is 3. The lowest BCUT2D eigenvalue weighted by Crippen LogP contribution is -2.07. The highest BCUT2D eigenvalue weighted by molar-refractivity contribution is 14.1. The minimum Gasteiger partial charge on any atom is -0.218 e. The number of nitrogens with zero attached hydrogens (tertiary/aromatic N) is 3. The van der Waals surface area contributed by atoms with Crippen LogP contribution in [-0.2, 0) is 3.93 Å². The monoisotopic (exact) mass is 493 g/mol. The van der Waals surface area contributed by atoms with Crippen LogP contribution in [0.1, 0.15) is 11.3 Å². The van der Waals surface area contributed by atoms with Gasteiger partial charge >= 0.3 is 3.93 Å². The summed E-state index contributed by atoms with van der Waals surface area (Å²) in [6.07, 6.45) is 0. The van der Waals surface area contributed by atoms with Crippen LogP contribution in [0, 0.1) is 6.92 Å². The van der Waals surface area contributed by atoms with E-state index in [4.69, 9.17) is 0 Å². The van der Waals surface area contributed by atoms with Crippen LogP contribution in [0.5, 0.6) is 0 Å². The van der Waals surface area contributed by atoms with Crippen molar-refractivity contribution >= 4 is 33.9 Å². The molecule has 4 aromatic rings. The lowest BCUT2D eigenvalue weighted by Gasteiger charge is -2.14. The summed E-state index contributed by atoms with van der Waals surface area (Å²) >= 11 is 2.60. The fraction of sp³-hybridized carbons (Fsp3) is 0.100. The Morgan fingerprint density at radius 3 is 2.48 bits per heavy atom. The van der Waals surface area contributed by atoms with Crippen molar-refractivity contribution < 1.29 is 8.78 Å². The topological polar surface area (TPSA) is 30.7 Å². The molecule has 0 radical (unpaired) electrons. The van der Waals surface area contributed by atoms with Gasteiger partial charge in [0.25, 0.3) is 0 Å². The summed E-state index contributed by atoms with van der Waals surface area (Å²) in [5, 5.41) is 7.10. The van der Waals surface area contributed by atoms with Crippen molar-refractivity contribution in [3.8, 4) is 27.6 Å². The molecular formula is C20H14F2IN3S. The van der Waals surface area contributed by atoms with Gasteiger partial charge in [-0.05, 0) is 13.0 Å². The molecule has 0 atom stereocenters. The first kappa shape index (κ1) is 18.2. The normalized spacial score (nSPS) is 11.7. The molecule has 4 rings (SSSR count). The van der Waals surface area contributed by atoms with E-state index in [0.29, 0.717) is 16.4 Å². The molecular weight excluding hydrogens is 479 g/mol. The molecule has 3 nitrogen and oxygen atoms in total. The van der Waals surface area contributed by atoms with Gasteiger partial charge in [-0.25, -0.2) is 9.67 Å². The molecule has 0 saturated carbocycles. The van der Waals surface area contributed by atoms with E-state index in [9.17, 15) is 8.78 Å². The molecule has 2 aromatic carbocycles. The predicted octanol–water partition coefficient (Wildman–Crippen LogP) is 6.46. The zero-order valence-corrected chi connectivity index (χ0v) is 17.2. The Balaban J connectivity index is 1.84. The standard InChI is InChI=1S/C20H14F2IN3S/c1-13-11-18(15-9-5-6-10-16(15)20(21,22)23)26(25-13)19-24-17(12-27-19)14-7-3-2-4-8-14/h2-12H,1H3. The van der Waals surface area contributed by atoms with Gasteiger partial charge in [0.2, 0.25) is 5.13 Å². The SMILES string of the molecule is Cc1cc(-c2ccccc2C(F)(F)I)n(-c2nc(-c3ccccc3)cs2)n1. The lowest BCUT2D eigenvalue weighted by molar-refractivity contribution is 0.128. The summed E-state index contributed by atoms with van der Waals surface area (Å²) in [6.45, 7) is 1.84. The predicted molar refractivity (Wildman–Crippen MR) is 113 cm³/mol. The summed E-state index contributed by atoms with van der Waals surface area (Å²) in [5.41, 5.74) is 3.61. The van der Waals surface area contributed by atoms with Gasteiger partial charge in [-0.2, -0.15) is 13.9 Å². The Hall–Kier alpha value is -2.13. The minimum absolute atomic E-state index is 0.0356. The molecule has 0 aliphatic rings. The van der Waals surface area contributed by atoms with Crippen LogP contribution in [0.2, 0.25) is 0 Å². The Morgan fingerprint density at radius 1 is 1.04 bits per heavy atom. The molecule has 136 valence electrons. The van der Waals surface area contributed by atoms with Crippen molar-refractivity contribution in [1.29, 1.82) is 0 Å². The Kier molecular flexibility index (Phi) is 4.81. The number of hydrogen-bond donors (Lipinski definition) is 0. The van der Waals surface area contributed by atoms with Gasteiger partial charge in [-0.3, -0.25) is 0 Å². The van der Waals surface area contributed by atoms with Crippen LogP contribution in [0.25, 0.3) is 27.6 Å². The highest BCUT2D eigenvalue weighted by Crippen LogP contribution is 2.41. The highest BCUT2D eigenvalue weighted by Gasteiger charge is 2.31. The van der Waals surface area contributed by atoms with E-state index in [1.165, 1.54) is 17.4 Å². The largest absolute Gasteiger partial charge is 0.322 e. The Morgan fingerprint density at radius 2 is 1.74 bits per heavy atom. The fourth-order valence-electron chi connectivity index (χ4n) is 2.89. The molecule has 0 bridgehead atoms. The second-order valence-electron chi connectivity index (χ2n) is 6.01. The number of alkyl halides is 3. The summed E-state index contributed by atoms with van der Waals surface area (Å²) in [5.74, 6) is 0. The van der Waals surface area contributed by atoms with Crippen molar-refractivity contribution in [1.82, 2.24) is 14.8 Å². The van der Waals surface area contributed by atoms with E-state index in [-0.39, 0.29) is 5.56 Å². The van der Waals surface area contributed by atoms with Crippen molar-refractivity contribution in [2.45, 2.75) is 10.9 Å². The van der Waals surface area contributed by atoms with E-state index < -0.39 is 3.93 Å². The maximum atomic E-state index is 14.1. The van der Waals surface area contributed by atoms with Crippen molar-refractivity contribution in [2.24, 2.45) is 0 Å². The molecule has 0 N–H and O–H groups in total. The lowest BCUT2D eigenvalue weighted by atomic mass is 10.0. The van der Waals surface area contributed by atoms with Crippen LogP contribution in [0.4, 0.5) is 8.78 Å². The van der Waals surface area contributed by atoms with Gasteiger partial charge < -0.3 is 0 Å². The van der Waals surface area contributed by atoms with Crippen molar-refractivity contribution in [3.05, 3.63) is 77.3 Å². The van der Waals surface area contributed by atoms with Gasteiger partial charge in [0.05, 0.1) is 17.1 Å². The van der Waals surface area contributed by atoms with Crippen LogP contribution in [0.3, 0.4) is 0 Å². The van der Waals surface area contributed by atoms with Crippen molar-refractivity contribution in [2.75, 3.05) is 0 Å². The van der Waals surface area contributed by atoms with E-state index in [1.807, 2.05) is 48.7 Å². The average Bonchev–Trinajstić information content (AvgIpc) is 3.28. The van der Waals surface area contributed by atoms with E-state index >= 15 is 0 Å². The molecule has 0 aliphatic carbocycles. The molecule has 0 fully saturated rings. The first-order valence-corrected chi connectivity index (χ1v) is 10.1. The number of rotatable bonds is 4. The average molecular weight is 493 g/mol. The van der Waals surface area contributed by atoms with Crippen LogP contribution < -0.4 is 0 Å². The molecule has 0 spiro atoms. The number of aryl methyl sites for hydroxylation is 1. The molecule has 0 unspecified atom stereocenters. The Labute approximate surface area is 172 Å². The third kappa shape index (κ3) is 3.66. The maximum Gasteiger partial charge on any atom is 0.322 e. The molecule has 27 heavy (non-hydrogen) atoms.